The number of benzene rings is 1. The van der Waals surface area contributed by atoms with Crippen molar-refractivity contribution < 1.29 is 14.7 Å². The summed E-state index contributed by atoms with van der Waals surface area (Å²) in [5.41, 5.74) is 2.29. The van der Waals surface area contributed by atoms with Crippen LogP contribution in [-0.2, 0) is 16.0 Å². The largest absolute Gasteiger partial charge is 0.391 e. The van der Waals surface area contributed by atoms with Crippen LogP contribution < -0.4 is 10.6 Å². The van der Waals surface area contributed by atoms with Crippen molar-refractivity contribution >= 4 is 11.8 Å². The average Bonchev–Trinajstić information content (AvgIpc) is 3.39. The second kappa shape index (κ2) is 6.79. The highest BCUT2D eigenvalue weighted by atomic mass is 16.3. The van der Waals surface area contributed by atoms with Crippen molar-refractivity contribution in [3.63, 3.8) is 0 Å². The van der Waals surface area contributed by atoms with Gasteiger partial charge in [-0.05, 0) is 49.1 Å². The summed E-state index contributed by atoms with van der Waals surface area (Å²) < 4.78 is 0. The molecular formula is C20H28N2O3. The molecule has 2 aliphatic rings. The Morgan fingerprint density at radius 1 is 1.24 bits per heavy atom. The summed E-state index contributed by atoms with van der Waals surface area (Å²) in [6.45, 7) is 5.83. The molecule has 0 aromatic heterocycles. The predicted octanol–water partition coefficient (Wildman–Crippen LogP) is 2.09. The smallest absolute Gasteiger partial charge is 0.245 e. The Morgan fingerprint density at radius 3 is 2.56 bits per heavy atom. The number of nitrogens with one attached hydrogen (secondary N) is 2. The van der Waals surface area contributed by atoms with Gasteiger partial charge in [0.15, 0.2) is 0 Å². The Morgan fingerprint density at radius 2 is 1.92 bits per heavy atom. The molecule has 3 rings (SSSR count). The van der Waals surface area contributed by atoms with E-state index in [1.807, 2.05) is 12.1 Å². The van der Waals surface area contributed by atoms with Gasteiger partial charge in [-0.3, -0.25) is 9.59 Å². The van der Waals surface area contributed by atoms with Crippen LogP contribution in [0.15, 0.2) is 24.3 Å². The van der Waals surface area contributed by atoms with Gasteiger partial charge in [0.05, 0.1) is 12.1 Å². The summed E-state index contributed by atoms with van der Waals surface area (Å²) in [5.74, 6) is -0.455. The van der Waals surface area contributed by atoms with Gasteiger partial charge in [0.25, 0.3) is 0 Å². The van der Waals surface area contributed by atoms with E-state index in [1.165, 1.54) is 12.5 Å². The van der Waals surface area contributed by atoms with E-state index in [0.717, 1.165) is 31.2 Å². The molecule has 3 atom stereocenters. The van der Waals surface area contributed by atoms with Crippen molar-refractivity contribution in [1.82, 2.24) is 10.6 Å². The second-order valence-electron chi connectivity index (χ2n) is 8.13. The number of rotatable bonds is 5. The fraction of sp³-hybridized carbons (Fsp3) is 0.600. The topological polar surface area (TPSA) is 78.4 Å². The standard InChI is InChI=1S/C20H28N2O3/c1-12(23)16(21-18(24)14-8-9-14)19(25)22-17-15-7-5-4-6-13(15)10-11-20(17,2)3/h4-7,12,14,16-17,23H,8-11H2,1-3H3,(H,21,24)(H,22,25). The zero-order valence-electron chi connectivity index (χ0n) is 15.2. The summed E-state index contributed by atoms with van der Waals surface area (Å²) in [6.07, 6.45) is 2.76. The lowest BCUT2D eigenvalue weighted by molar-refractivity contribution is -0.133. The molecule has 5 heteroatoms. The number of hydrogen-bond acceptors (Lipinski definition) is 3. The summed E-state index contributed by atoms with van der Waals surface area (Å²) >= 11 is 0. The first kappa shape index (κ1) is 17.9. The van der Waals surface area contributed by atoms with Gasteiger partial charge < -0.3 is 15.7 Å². The molecule has 2 aliphatic carbocycles. The van der Waals surface area contributed by atoms with Gasteiger partial charge in [-0.15, -0.1) is 0 Å². The fourth-order valence-electron chi connectivity index (χ4n) is 3.59. The number of aliphatic hydroxyl groups excluding tert-OH is 1. The monoisotopic (exact) mass is 344 g/mol. The molecule has 3 N–H and O–H groups in total. The first-order chi connectivity index (χ1) is 11.8. The Hall–Kier alpha value is -1.88. The molecule has 2 amide bonds. The molecule has 3 unspecified atom stereocenters. The van der Waals surface area contributed by atoms with E-state index in [1.54, 1.807) is 0 Å². The molecule has 0 heterocycles. The lowest BCUT2D eigenvalue weighted by atomic mass is 9.70. The third-order valence-electron chi connectivity index (χ3n) is 5.48. The SMILES string of the molecule is CC(O)C(NC(=O)C1CC1)C(=O)NC1c2ccccc2CCC1(C)C. The first-order valence-corrected chi connectivity index (χ1v) is 9.16. The van der Waals surface area contributed by atoms with Crippen molar-refractivity contribution in [2.24, 2.45) is 11.3 Å². The van der Waals surface area contributed by atoms with Crippen LogP contribution in [0, 0.1) is 11.3 Å². The van der Waals surface area contributed by atoms with Crippen LogP contribution in [0.5, 0.6) is 0 Å². The van der Waals surface area contributed by atoms with Crippen molar-refractivity contribution in [2.75, 3.05) is 0 Å². The summed E-state index contributed by atoms with van der Waals surface area (Å²) in [4.78, 5) is 24.9. The minimum absolute atomic E-state index is 0.000831. The van der Waals surface area contributed by atoms with Crippen LogP contribution in [0.2, 0.25) is 0 Å². The molecule has 5 nitrogen and oxygen atoms in total. The van der Waals surface area contributed by atoms with E-state index in [2.05, 4.69) is 36.6 Å². The van der Waals surface area contributed by atoms with Gasteiger partial charge >= 0.3 is 0 Å². The Kier molecular flexibility index (Phi) is 4.87. The number of carbonyl (C=O) groups excluding carboxylic acids is 2. The van der Waals surface area contributed by atoms with Crippen LogP contribution in [0.25, 0.3) is 0 Å². The zero-order chi connectivity index (χ0) is 18.2. The highest BCUT2D eigenvalue weighted by Gasteiger charge is 2.39. The minimum atomic E-state index is -0.940. The Bertz CT molecular complexity index is 665. The molecule has 0 bridgehead atoms. The van der Waals surface area contributed by atoms with Gasteiger partial charge in [0, 0.05) is 5.92 Å². The van der Waals surface area contributed by atoms with Gasteiger partial charge in [-0.2, -0.15) is 0 Å². The molecule has 136 valence electrons. The highest BCUT2D eigenvalue weighted by Crippen LogP contribution is 2.43. The number of hydrogen-bond donors (Lipinski definition) is 3. The van der Waals surface area contributed by atoms with Crippen LogP contribution in [0.1, 0.15) is 57.2 Å². The summed E-state index contributed by atoms with van der Waals surface area (Å²) in [6, 6.07) is 7.11. The van der Waals surface area contributed by atoms with Crippen molar-refractivity contribution in [1.29, 1.82) is 0 Å². The normalized spacial score (nSPS) is 23.9. The van der Waals surface area contributed by atoms with Crippen LogP contribution in [0.3, 0.4) is 0 Å². The third kappa shape index (κ3) is 3.87. The molecule has 0 aliphatic heterocycles. The average molecular weight is 344 g/mol. The number of aryl methyl sites for hydroxylation is 1. The van der Waals surface area contributed by atoms with Gasteiger partial charge in [0.1, 0.15) is 6.04 Å². The zero-order valence-corrected chi connectivity index (χ0v) is 15.2. The molecule has 1 saturated carbocycles. The Labute approximate surface area is 149 Å². The van der Waals surface area contributed by atoms with E-state index in [4.69, 9.17) is 0 Å². The summed E-state index contributed by atoms with van der Waals surface area (Å²) in [7, 11) is 0. The first-order valence-electron chi connectivity index (χ1n) is 9.16. The van der Waals surface area contributed by atoms with E-state index in [-0.39, 0.29) is 29.2 Å². The van der Waals surface area contributed by atoms with Crippen LogP contribution in [-0.4, -0.2) is 29.1 Å². The Balaban J connectivity index is 1.78. The van der Waals surface area contributed by atoms with E-state index >= 15 is 0 Å². The van der Waals surface area contributed by atoms with Crippen molar-refractivity contribution in [3.05, 3.63) is 35.4 Å². The van der Waals surface area contributed by atoms with Crippen molar-refractivity contribution in [3.8, 4) is 0 Å². The van der Waals surface area contributed by atoms with Crippen LogP contribution in [0.4, 0.5) is 0 Å². The maximum atomic E-state index is 12.8. The summed E-state index contributed by atoms with van der Waals surface area (Å²) in [5, 5.41) is 15.8. The number of fused-ring (bicyclic) bond motifs is 1. The molecule has 1 aromatic rings. The molecule has 25 heavy (non-hydrogen) atoms. The molecule has 1 aromatic carbocycles. The van der Waals surface area contributed by atoms with Gasteiger partial charge in [-0.1, -0.05) is 38.1 Å². The fourth-order valence-corrected chi connectivity index (χ4v) is 3.59. The lowest BCUT2D eigenvalue weighted by Crippen LogP contribution is -2.55. The van der Waals surface area contributed by atoms with Crippen molar-refractivity contribution in [2.45, 2.75) is 64.6 Å². The second-order valence-corrected chi connectivity index (χ2v) is 8.13. The minimum Gasteiger partial charge on any atom is -0.391 e. The third-order valence-corrected chi connectivity index (χ3v) is 5.48. The molecule has 1 fully saturated rings. The number of carbonyl (C=O) groups is 2. The quantitative estimate of drug-likeness (QED) is 0.765. The highest BCUT2D eigenvalue weighted by molar-refractivity contribution is 5.90. The molecule has 0 saturated heterocycles. The van der Waals surface area contributed by atoms with Gasteiger partial charge in [-0.25, -0.2) is 0 Å². The van der Waals surface area contributed by atoms with E-state index in [9.17, 15) is 14.7 Å². The van der Waals surface area contributed by atoms with E-state index in [0.29, 0.717) is 0 Å². The number of amides is 2. The van der Waals surface area contributed by atoms with E-state index < -0.39 is 12.1 Å². The molecule has 0 spiro atoms. The maximum Gasteiger partial charge on any atom is 0.245 e. The molecule has 0 radical (unpaired) electrons. The number of aliphatic hydroxyl groups is 1. The maximum absolute atomic E-state index is 12.8. The lowest BCUT2D eigenvalue weighted by Gasteiger charge is -2.41. The van der Waals surface area contributed by atoms with Crippen LogP contribution >= 0.6 is 0 Å². The predicted molar refractivity (Wildman–Crippen MR) is 95.8 cm³/mol. The molecular weight excluding hydrogens is 316 g/mol. The van der Waals surface area contributed by atoms with Gasteiger partial charge in [0.2, 0.25) is 11.8 Å².